The summed E-state index contributed by atoms with van der Waals surface area (Å²) in [5, 5.41) is 13.8. The van der Waals surface area contributed by atoms with Crippen molar-refractivity contribution in [2.45, 2.75) is 37.0 Å². The van der Waals surface area contributed by atoms with Gasteiger partial charge in [0, 0.05) is 5.25 Å². The molecular weight excluding hydrogens is 182 g/mol. The molecule has 3 heteroatoms. The summed E-state index contributed by atoms with van der Waals surface area (Å²) in [6.45, 7) is 4.36. The summed E-state index contributed by atoms with van der Waals surface area (Å²) in [6.07, 6.45) is 3.40. The van der Waals surface area contributed by atoms with Crippen molar-refractivity contribution in [2.24, 2.45) is 5.92 Å². The first-order valence-corrected chi connectivity index (χ1v) is 6.28. The minimum Gasteiger partial charge on any atom is -0.389 e. The van der Waals surface area contributed by atoms with Crippen LogP contribution in [0.1, 0.15) is 26.2 Å². The van der Waals surface area contributed by atoms with Crippen molar-refractivity contribution in [3.63, 3.8) is 0 Å². The number of aliphatic hydroxyl groups is 1. The summed E-state index contributed by atoms with van der Waals surface area (Å²) in [4.78, 5) is 0. The van der Waals surface area contributed by atoms with E-state index < -0.39 is 0 Å². The summed E-state index contributed by atoms with van der Waals surface area (Å²) < 4.78 is 0. The van der Waals surface area contributed by atoms with Crippen LogP contribution in [0.15, 0.2) is 0 Å². The van der Waals surface area contributed by atoms with Crippen LogP contribution < -0.4 is 5.32 Å². The molecular formula is C10H19NOS. The van der Waals surface area contributed by atoms with Gasteiger partial charge in [-0.25, -0.2) is 0 Å². The van der Waals surface area contributed by atoms with Gasteiger partial charge in [0.05, 0.1) is 5.60 Å². The van der Waals surface area contributed by atoms with Crippen LogP contribution in [-0.4, -0.2) is 34.8 Å². The minimum absolute atomic E-state index is 0.387. The Bertz CT molecular complexity index is 180. The highest BCUT2D eigenvalue weighted by Crippen LogP contribution is 2.38. The van der Waals surface area contributed by atoms with Crippen LogP contribution in [0, 0.1) is 5.92 Å². The molecule has 0 aromatic carbocycles. The van der Waals surface area contributed by atoms with Crippen LogP contribution in [0.4, 0.5) is 0 Å². The van der Waals surface area contributed by atoms with Crippen molar-refractivity contribution in [2.75, 3.05) is 18.8 Å². The van der Waals surface area contributed by atoms with Gasteiger partial charge >= 0.3 is 0 Å². The highest BCUT2D eigenvalue weighted by molar-refractivity contribution is 8.00. The number of hydrogen-bond acceptors (Lipinski definition) is 3. The van der Waals surface area contributed by atoms with Gasteiger partial charge in [0.2, 0.25) is 0 Å². The number of thioether (sulfide) groups is 1. The molecule has 0 bridgehead atoms. The van der Waals surface area contributed by atoms with E-state index in [2.05, 4.69) is 5.32 Å². The van der Waals surface area contributed by atoms with Gasteiger partial charge in [-0.1, -0.05) is 0 Å². The van der Waals surface area contributed by atoms with Crippen molar-refractivity contribution in [1.29, 1.82) is 0 Å². The molecule has 1 aliphatic heterocycles. The molecule has 2 unspecified atom stereocenters. The first kappa shape index (κ1) is 9.81. The molecule has 2 nitrogen and oxygen atoms in total. The van der Waals surface area contributed by atoms with E-state index in [1.807, 2.05) is 18.7 Å². The van der Waals surface area contributed by atoms with Gasteiger partial charge < -0.3 is 10.4 Å². The van der Waals surface area contributed by atoms with Crippen molar-refractivity contribution in [1.82, 2.24) is 5.32 Å². The monoisotopic (exact) mass is 201 g/mol. The molecule has 2 N–H and O–H groups in total. The Balaban J connectivity index is 1.73. The molecule has 0 spiro atoms. The topological polar surface area (TPSA) is 32.3 Å². The lowest BCUT2D eigenvalue weighted by Crippen LogP contribution is -2.44. The second-order valence-corrected chi connectivity index (χ2v) is 5.83. The average Bonchev–Trinajstić information content (AvgIpc) is 2.27. The minimum atomic E-state index is -0.387. The Morgan fingerprint density at radius 1 is 1.54 bits per heavy atom. The molecule has 0 aromatic rings. The predicted octanol–water partition coefficient (Wildman–Crippen LogP) is 1.24. The Morgan fingerprint density at radius 2 is 2.31 bits per heavy atom. The van der Waals surface area contributed by atoms with E-state index in [-0.39, 0.29) is 5.60 Å². The normalized spacial score (nSPS) is 40.6. The molecule has 13 heavy (non-hydrogen) atoms. The second-order valence-electron chi connectivity index (χ2n) is 4.60. The zero-order chi connectivity index (χ0) is 9.31. The maximum atomic E-state index is 10.0. The SMILES string of the molecule is CC1(O)CCCC1SCC1CNC1. The molecule has 0 radical (unpaired) electrons. The fourth-order valence-electron chi connectivity index (χ4n) is 2.10. The second kappa shape index (κ2) is 3.79. The van der Waals surface area contributed by atoms with Crippen molar-refractivity contribution in [3.05, 3.63) is 0 Å². The molecule has 2 rings (SSSR count). The molecule has 1 saturated heterocycles. The maximum absolute atomic E-state index is 10.0. The van der Waals surface area contributed by atoms with Crippen molar-refractivity contribution < 1.29 is 5.11 Å². The van der Waals surface area contributed by atoms with E-state index in [4.69, 9.17) is 0 Å². The van der Waals surface area contributed by atoms with Gasteiger partial charge in [-0.2, -0.15) is 11.8 Å². The first-order chi connectivity index (χ1) is 6.18. The quantitative estimate of drug-likeness (QED) is 0.720. The van der Waals surface area contributed by atoms with E-state index in [0.29, 0.717) is 5.25 Å². The Hall–Kier alpha value is 0.270. The Morgan fingerprint density at radius 3 is 2.77 bits per heavy atom. The van der Waals surface area contributed by atoms with Gasteiger partial charge in [0.15, 0.2) is 0 Å². The van der Waals surface area contributed by atoms with Crippen LogP contribution in [0.5, 0.6) is 0 Å². The number of hydrogen-bond donors (Lipinski definition) is 2. The summed E-state index contributed by atoms with van der Waals surface area (Å²) in [7, 11) is 0. The summed E-state index contributed by atoms with van der Waals surface area (Å²) in [5.74, 6) is 2.09. The lowest BCUT2D eigenvalue weighted by atomic mass is 10.1. The van der Waals surface area contributed by atoms with Crippen LogP contribution in [0.25, 0.3) is 0 Å². The Kier molecular flexibility index (Phi) is 2.86. The fourth-order valence-corrected chi connectivity index (χ4v) is 3.65. The summed E-state index contributed by atoms with van der Waals surface area (Å²) >= 11 is 1.98. The molecule has 1 heterocycles. The van der Waals surface area contributed by atoms with Gasteiger partial charge in [-0.05, 0) is 50.9 Å². The zero-order valence-electron chi connectivity index (χ0n) is 8.25. The van der Waals surface area contributed by atoms with Crippen molar-refractivity contribution >= 4 is 11.8 Å². The molecule has 2 aliphatic rings. The molecule has 76 valence electrons. The highest BCUT2D eigenvalue weighted by Gasteiger charge is 2.37. The van der Waals surface area contributed by atoms with E-state index in [0.717, 1.165) is 12.3 Å². The number of rotatable bonds is 3. The van der Waals surface area contributed by atoms with Crippen LogP contribution in [0.3, 0.4) is 0 Å². The van der Waals surface area contributed by atoms with Gasteiger partial charge in [-0.3, -0.25) is 0 Å². The summed E-state index contributed by atoms with van der Waals surface area (Å²) in [5.41, 5.74) is -0.387. The summed E-state index contributed by atoms with van der Waals surface area (Å²) in [6, 6.07) is 0. The van der Waals surface area contributed by atoms with Gasteiger partial charge in [0.1, 0.15) is 0 Å². The van der Waals surface area contributed by atoms with Gasteiger partial charge in [-0.15, -0.1) is 0 Å². The van der Waals surface area contributed by atoms with Crippen LogP contribution >= 0.6 is 11.8 Å². The van der Waals surface area contributed by atoms with E-state index in [9.17, 15) is 5.11 Å². The van der Waals surface area contributed by atoms with E-state index in [1.165, 1.54) is 31.7 Å². The van der Waals surface area contributed by atoms with Crippen LogP contribution in [-0.2, 0) is 0 Å². The zero-order valence-corrected chi connectivity index (χ0v) is 9.07. The third kappa shape index (κ3) is 2.20. The molecule has 1 aliphatic carbocycles. The Labute approximate surface area is 84.5 Å². The number of nitrogens with one attached hydrogen (secondary N) is 1. The average molecular weight is 201 g/mol. The molecule has 1 saturated carbocycles. The van der Waals surface area contributed by atoms with Crippen molar-refractivity contribution in [3.8, 4) is 0 Å². The lowest BCUT2D eigenvalue weighted by Gasteiger charge is -2.30. The fraction of sp³-hybridized carbons (Fsp3) is 1.00. The smallest absolute Gasteiger partial charge is 0.0737 e. The largest absolute Gasteiger partial charge is 0.389 e. The van der Waals surface area contributed by atoms with Gasteiger partial charge in [0.25, 0.3) is 0 Å². The van der Waals surface area contributed by atoms with Crippen LogP contribution in [0.2, 0.25) is 0 Å². The third-order valence-electron chi connectivity index (χ3n) is 3.24. The highest BCUT2D eigenvalue weighted by atomic mass is 32.2. The molecule has 2 atom stereocenters. The standard InChI is InChI=1S/C10H19NOS/c1-10(12)4-2-3-9(10)13-7-8-5-11-6-8/h8-9,11-12H,2-7H2,1H3. The maximum Gasteiger partial charge on any atom is 0.0737 e. The predicted molar refractivity (Wildman–Crippen MR) is 57.1 cm³/mol. The first-order valence-electron chi connectivity index (χ1n) is 5.23. The lowest BCUT2D eigenvalue weighted by molar-refractivity contribution is 0.0733. The van der Waals surface area contributed by atoms with E-state index in [1.54, 1.807) is 0 Å². The molecule has 0 aromatic heterocycles. The molecule has 0 amide bonds. The molecule has 2 fully saturated rings. The third-order valence-corrected chi connectivity index (χ3v) is 5.05. The van der Waals surface area contributed by atoms with E-state index >= 15 is 0 Å².